The Balaban J connectivity index is 1.75. The van der Waals surface area contributed by atoms with Crippen LogP contribution in [0.15, 0.2) is 12.3 Å². The highest BCUT2D eigenvalue weighted by Crippen LogP contribution is 2.18. The van der Waals surface area contributed by atoms with Crippen LogP contribution in [0.4, 0.5) is 5.69 Å². The number of amides is 2. The van der Waals surface area contributed by atoms with Crippen LogP contribution < -0.4 is 16.0 Å². The van der Waals surface area contributed by atoms with Crippen molar-refractivity contribution in [2.45, 2.75) is 38.6 Å². The normalized spacial score (nSPS) is 13.6. The molecule has 0 unspecified atom stereocenters. The van der Waals surface area contributed by atoms with E-state index in [-0.39, 0.29) is 11.8 Å². The molecule has 1 heterocycles. The first-order valence-electron chi connectivity index (χ1n) is 7.32. The second-order valence-corrected chi connectivity index (χ2v) is 5.32. The Kier molecular flexibility index (Phi) is 5.14. The van der Waals surface area contributed by atoms with Crippen molar-refractivity contribution in [1.82, 2.24) is 15.6 Å². The van der Waals surface area contributed by atoms with E-state index in [1.807, 2.05) is 13.0 Å². The van der Waals surface area contributed by atoms with Gasteiger partial charge in [0.1, 0.15) is 0 Å². The van der Waals surface area contributed by atoms with Gasteiger partial charge in [-0.15, -0.1) is 0 Å². The predicted molar refractivity (Wildman–Crippen MR) is 81.3 cm³/mol. The minimum Gasteiger partial charge on any atom is -0.387 e. The maximum absolute atomic E-state index is 12.1. The number of carbonyl (C=O) groups excluding carboxylic acids is 2. The molecule has 0 atom stereocenters. The Labute approximate surface area is 124 Å². The molecular formula is C15H22N4O2. The molecule has 0 radical (unpaired) electrons. The van der Waals surface area contributed by atoms with Crippen molar-refractivity contribution < 1.29 is 9.59 Å². The van der Waals surface area contributed by atoms with Gasteiger partial charge in [0.15, 0.2) is 0 Å². The first kappa shape index (κ1) is 15.3. The molecule has 1 aromatic heterocycles. The van der Waals surface area contributed by atoms with E-state index in [2.05, 4.69) is 20.9 Å². The highest BCUT2D eigenvalue weighted by atomic mass is 16.2. The van der Waals surface area contributed by atoms with E-state index in [4.69, 9.17) is 0 Å². The van der Waals surface area contributed by atoms with Gasteiger partial charge in [-0.05, 0) is 32.3 Å². The Morgan fingerprint density at radius 2 is 2.14 bits per heavy atom. The molecule has 21 heavy (non-hydrogen) atoms. The molecule has 0 spiro atoms. The van der Waals surface area contributed by atoms with E-state index < -0.39 is 0 Å². The third kappa shape index (κ3) is 4.73. The van der Waals surface area contributed by atoms with Gasteiger partial charge in [-0.1, -0.05) is 0 Å². The summed E-state index contributed by atoms with van der Waals surface area (Å²) in [6, 6.07) is 2.22. The molecule has 3 N–H and O–H groups in total. The molecule has 1 aromatic rings. The van der Waals surface area contributed by atoms with Crippen molar-refractivity contribution >= 4 is 17.5 Å². The zero-order chi connectivity index (χ0) is 15.2. The average Bonchev–Trinajstić information content (AvgIpc) is 3.27. The SMILES string of the molecule is CNc1cc(C)ncc1C(=O)NCCCC(=O)NC1CC1. The van der Waals surface area contributed by atoms with Crippen LogP contribution in [0.1, 0.15) is 41.7 Å². The highest BCUT2D eigenvalue weighted by molar-refractivity contribution is 5.99. The van der Waals surface area contributed by atoms with Gasteiger partial charge in [-0.3, -0.25) is 14.6 Å². The molecule has 1 aliphatic rings. The van der Waals surface area contributed by atoms with E-state index in [9.17, 15) is 9.59 Å². The van der Waals surface area contributed by atoms with Crippen LogP contribution in [0.5, 0.6) is 0 Å². The molecule has 0 aromatic carbocycles. The van der Waals surface area contributed by atoms with Crippen LogP contribution >= 0.6 is 0 Å². The summed E-state index contributed by atoms with van der Waals surface area (Å²) in [5, 5.41) is 8.73. The number of aryl methyl sites for hydroxylation is 1. The van der Waals surface area contributed by atoms with Crippen molar-refractivity contribution in [3.8, 4) is 0 Å². The molecular weight excluding hydrogens is 268 g/mol. The second-order valence-electron chi connectivity index (χ2n) is 5.32. The number of pyridine rings is 1. The highest BCUT2D eigenvalue weighted by Gasteiger charge is 2.22. The number of carbonyl (C=O) groups is 2. The van der Waals surface area contributed by atoms with Crippen molar-refractivity contribution in [2.24, 2.45) is 0 Å². The minimum absolute atomic E-state index is 0.0691. The average molecular weight is 290 g/mol. The molecule has 1 saturated carbocycles. The fraction of sp³-hybridized carbons (Fsp3) is 0.533. The lowest BCUT2D eigenvalue weighted by atomic mass is 10.2. The number of rotatable bonds is 7. The summed E-state index contributed by atoms with van der Waals surface area (Å²) in [5.74, 6) is -0.103. The zero-order valence-electron chi connectivity index (χ0n) is 12.5. The number of hydrogen-bond donors (Lipinski definition) is 3. The Morgan fingerprint density at radius 3 is 2.81 bits per heavy atom. The molecule has 114 valence electrons. The van der Waals surface area contributed by atoms with Gasteiger partial charge in [0.05, 0.1) is 11.3 Å². The van der Waals surface area contributed by atoms with Crippen LogP contribution in [0.25, 0.3) is 0 Å². The summed E-state index contributed by atoms with van der Waals surface area (Å²) < 4.78 is 0. The summed E-state index contributed by atoms with van der Waals surface area (Å²) in [6.45, 7) is 2.36. The Morgan fingerprint density at radius 1 is 1.38 bits per heavy atom. The first-order chi connectivity index (χ1) is 10.1. The largest absolute Gasteiger partial charge is 0.387 e. The number of nitrogens with zero attached hydrogens (tertiary/aromatic N) is 1. The molecule has 0 bridgehead atoms. The van der Waals surface area contributed by atoms with Crippen LogP contribution in [0.3, 0.4) is 0 Å². The predicted octanol–water partition coefficient (Wildman–Crippen LogP) is 1.22. The van der Waals surface area contributed by atoms with Crippen molar-refractivity contribution in [3.05, 3.63) is 23.5 Å². The van der Waals surface area contributed by atoms with Gasteiger partial charge in [0, 0.05) is 37.9 Å². The van der Waals surface area contributed by atoms with Crippen molar-refractivity contribution in [2.75, 3.05) is 18.9 Å². The van der Waals surface area contributed by atoms with Gasteiger partial charge in [-0.25, -0.2) is 0 Å². The lowest BCUT2D eigenvalue weighted by Crippen LogP contribution is -2.28. The summed E-state index contributed by atoms with van der Waals surface area (Å²) in [4.78, 5) is 27.7. The topological polar surface area (TPSA) is 83.1 Å². The van der Waals surface area contributed by atoms with Crippen LogP contribution in [0.2, 0.25) is 0 Å². The van der Waals surface area contributed by atoms with E-state index in [0.717, 1.165) is 24.2 Å². The first-order valence-corrected chi connectivity index (χ1v) is 7.32. The van der Waals surface area contributed by atoms with Gasteiger partial charge < -0.3 is 16.0 Å². The fourth-order valence-electron chi connectivity index (χ4n) is 2.02. The third-order valence-electron chi connectivity index (χ3n) is 3.36. The van der Waals surface area contributed by atoms with Gasteiger partial charge >= 0.3 is 0 Å². The number of aromatic nitrogens is 1. The molecule has 6 heteroatoms. The molecule has 0 saturated heterocycles. The molecule has 1 fully saturated rings. The maximum Gasteiger partial charge on any atom is 0.254 e. The standard InChI is InChI=1S/C15H22N4O2/c1-10-8-13(16-2)12(9-18-10)15(21)17-7-3-4-14(20)19-11-5-6-11/h8-9,11H,3-7H2,1-2H3,(H,16,18)(H,17,21)(H,19,20). The number of hydrogen-bond acceptors (Lipinski definition) is 4. The molecule has 0 aliphatic heterocycles. The van der Waals surface area contributed by atoms with E-state index >= 15 is 0 Å². The van der Waals surface area contributed by atoms with Gasteiger partial charge in [-0.2, -0.15) is 0 Å². The summed E-state index contributed by atoms with van der Waals surface area (Å²) in [5.41, 5.74) is 2.13. The fourth-order valence-corrected chi connectivity index (χ4v) is 2.02. The van der Waals surface area contributed by atoms with E-state index in [0.29, 0.717) is 31.0 Å². The monoisotopic (exact) mass is 290 g/mol. The zero-order valence-corrected chi connectivity index (χ0v) is 12.5. The summed E-state index contributed by atoms with van der Waals surface area (Å²) >= 11 is 0. The number of anilines is 1. The molecule has 6 nitrogen and oxygen atoms in total. The van der Waals surface area contributed by atoms with Crippen LogP contribution in [-0.2, 0) is 4.79 Å². The number of nitrogens with one attached hydrogen (secondary N) is 3. The lowest BCUT2D eigenvalue weighted by Gasteiger charge is -2.10. The summed E-state index contributed by atoms with van der Waals surface area (Å²) in [6.07, 6.45) is 4.84. The Bertz CT molecular complexity index is 526. The van der Waals surface area contributed by atoms with E-state index in [1.165, 1.54) is 0 Å². The smallest absolute Gasteiger partial charge is 0.254 e. The van der Waals surface area contributed by atoms with E-state index in [1.54, 1.807) is 13.2 Å². The Hall–Kier alpha value is -2.11. The summed E-state index contributed by atoms with van der Waals surface area (Å²) in [7, 11) is 1.77. The lowest BCUT2D eigenvalue weighted by molar-refractivity contribution is -0.121. The van der Waals surface area contributed by atoms with Gasteiger partial charge in [0.25, 0.3) is 5.91 Å². The third-order valence-corrected chi connectivity index (χ3v) is 3.36. The van der Waals surface area contributed by atoms with Crippen molar-refractivity contribution in [1.29, 1.82) is 0 Å². The second kappa shape index (κ2) is 7.06. The van der Waals surface area contributed by atoms with Crippen LogP contribution in [0, 0.1) is 6.92 Å². The van der Waals surface area contributed by atoms with Crippen LogP contribution in [-0.4, -0.2) is 36.4 Å². The molecule has 1 aliphatic carbocycles. The quantitative estimate of drug-likeness (QED) is 0.659. The van der Waals surface area contributed by atoms with Crippen molar-refractivity contribution in [3.63, 3.8) is 0 Å². The maximum atomic E-state index is 12.1. The minimum atomic E-state index is -0.172. The van der Waals surface area contributed by atoms with Gasteiger partial charge in [0.2, 0.25) is 5.91 Å². The molecule has 2 rings (SSSR count). The molecule has 2 amide bonds.